The molecule has 2 aromatic heterocycles. The van der Waals surface area contributed by atoms with Crippen LogP contribution in [0.3, 0.4) is 0 Å². The maximum absolute atomic E-state index is 13.0. The Hall–Kier alpha value is -1.91. The first-order chi connectivity index (χ1) is 13.9. The highest BCUT2D eigenvalue weighted by Gasteiger charge is 2.26. The fourth-order valence-electron chi connectivity index (χ4n) is 3.68. The lowest BCUT2D eigenvalue weighted by molar-refractivity contribution is 0.346. The highest BCUT2D eigenvalue weighted by atomic mass is 32.2. The van der Waals surface area contributed by atoms with Gasteiger partial charge in [0.15, 0.2) is 5.16 Å². The van der Waals surface area contributed by atoms with Gasteiger partial charge in [0.05, 0.1) is 21.7 Å². The van der Waals surface area contributed by atoms with Gasteiger partial charge >= 0.3 is 0 Å². The summed E-state index contributed by atoms with van der Waals surface area (Å²) in [4.78, 5) is 5.09. The van der Waals surface area contributed by atoms with Gasteiger partial charge in [0.2, 0.25) is 10.0 Å². The maximum Gasteiger partial charge on any atom is 0.243 e. The molecule has 0 unspecified atom stereocenters. The lowest BCUT2D eigenvalue weighted by atomic mass is 10.2. The average Bonchev–Trinajstić information content (AvgIpc) is 3.25. The van der Waals surface area contributed by atoms with Gasteiger partial charge in [-0.1, -0.05) is 18.2 Å². The number of aryl methyl sites for hydroxylation is 2. The Morgan fingerprint density at radius 1 is 1.14 bits per heavy atom. The number of hydrogen-bond donors (Lipinski definition) is 0. The van der Waals surface area contributed by atoms with Crippen LogP contribution in [0.4, 0.5) is 0 Å². The van der Waals surface area contributed by atoms with E-state index in [1.807, 2.05) is 24.6 Å². The maximum atomic E-state index is 13.0. The van der Waals surface area contributed by atoms with Gasteiger partial charge < -0.3 is 9.13 Å². The molecule has 1 aliphatic heterocycles. The highest BCUT2D eigenvalue weighted by Crippen LogP contribution is 2.27. The van der Waals surface area contributed by atoms with Crippen molar-refractivity contribution in [1.82, 2.24) is 28.6 Å². The van der Waals surface area contributed by atoms with E-state index < -0.39 is 10.0 Å². The van der Waals surface area contributed by atoms with Gasteiger partial charge in [-0.3, -0.25) is 0 Å². The van der Waals surface area contributed by atoms with Gasteiger partial charge in [-0.15, -0.1) is 10.2 Å². The molecule has 1 saturated heterocycles. The van der Waals surface area contributed by atoms with Gasteiger partial charge in [-0.2, -0.15) is 4.31 Å². The third-order valence-corrected chi connectivity index (χ3v) is 8.36. The number of piperidine rings is 1. The zero-order valence-electron chi connectivity index (χ0n) is 17.0. The summed E-state index contributed by atoms with van der Waals surface area (Å²) in [5.74, 6) is 2.41. The van der Waals surface area contributed by atoms with Crippen molar-refractivity contribution < 1.29 is 8.42 Å². The van der Waals surface area contributed by atoms with Crippen LogP contribution < -0.4 is 0 Å². The zero-order valence-corrected chi connectivity index (χ0v) is 18.6. The van der Waals surface area contributed by atoms with E-state index in [9.17, 15) is 8.42 Å². The molecular formula is C19H26N6O2S2. The predicted molar refractivity (Wildman–Crippen MR) is 113 cm³/mol. The summed E-state index contributed by atoms with van der Waals surface area (Å²) in [5.41, 5.74) is 1.67. The topological polar surface area (TPSA) is 85.9 Å². The number of nitrogens with zero attached hydrogens (tertiary/aromatic N) is 6. The Kier molecular flexibility index (Phi) is 5.67. The molecule has 29 heavy (non-hydrogen) atoms. The Balaban J connectivity index is 1.64. The van der Waals surface area contributed by atoms with Crippen LogP contribution in [-0.2, 0) is 29.4 Å². The summed E-state index contributed by atoms with van der Waals surface area (Å²) in [6, 6.07) is 5.30. The molecule has 0 atom stereocenters. The smallest absolute Gasteiger partial charge is 0.243 e. The predicted octanol–water partition coefficient (Wildman–Crippen LogP) is 2.96. The highest BCUT2D eigenvalue weighted by molar-refractivity contribution is 7.98. The minimum atomic E-state index is -3.46. The third kappa shape index (κ3) is 3.80. The van der Waals surface area contributed by atoms with Crippen molar-refractivity contribution in [2.24, 2.45) is 7.05 Å². The fraction of sp³-hybridized carbons (Fsp3) is 0.526. The SMILES string of the molecule is CCn1c(CSc2nnc(C)n2C)nc2cc(S(=O)(=O)N3CCCCC3)ccc21. The van der Waals surface area contributed by atoms with Crippen LogP contribution in [0.5, 0.6) is 0 Å². The summed E-state index contributed by atoms with van der Waals surface area (Å²) >= 11 is 1.58. The van der Waals surface area contributed by atoms with E-state index in [1.54, 1.807) is 28.2 Å². The first-order valence-corrected chi connectivity index (χ1v) is 12.3. The van der Waals surface area contributed by atoms with E-state index in [0.717, 1.165) is 53.6 Å². The average molecular weight is 435 g/mol. The van der Waals surface area contributed by atoms with Crippen LogP contribution in [0.2, 0.25) is 0 Å². The van der Waals surface area contributed by atoms with Crippen LogP contribution in [0.25, 0.3) is 11.0 Å². The van der Waals surface area contributed by atoms with Crippen molar-refractivity contribution in [3.63, 3.8) is 0 Å². The van der Waals surface area contributed by atoms with Crippen molar-refractivity contribution >= 4 is 32.8 Å². The Morgan fingerprint density at radius 2 is 1.90 bits per heavy atom. The van der Waals surface area contributed by atoms with Crippen LogP contribution in [0.15, 0.2) is 28.3 Å². The number of hydrogen-bond acceptors (Lipinski definition) is 6. The van der Waals surface area contributed by atoms with Crippen molar-refractivity contribution in [3.8, 4) is 0 Å². The normalized spacial score (nSPS) is 16.0. The van der Waals surface area contributed by atoms with Gasteiger partial charge in [0.25, 0.3) is 0 Å². The molecule has 3 aromatic rings. The Morgan fingerprint density at radius 3 is 2.55 bits per heavy atom. The second-order valence-electron chi connectivity index (χ2n) is 7.27. The molecule has 8 nitrogen and oxygen atoms in total. The summed E-state index contributed by atoms with van der Waals surface area (Å²) in [5, 5.41) is 9.12. The number of aromatic nitrogens is 5. The molecule has 0 radical (unpaired) electrons. The van der Waals surface area contributed by atoms with Gasteiger partial charge in [0, 0.05) is 26.7 Å². The van der Waals surface area contributed by atoms with Crippen molar-refractivity contribution in [3.05, 3.63) is 29.8 Å². The van der Waals surface area contributed by atoms with E-state index in [4.69, 9.17) is 4.98 Å². The Labute approximate surface area is 175 Å². The molecule has 0 aliphatic carbocycles. The van der Waals surface area contributed by atoms with Crippen LogP contribution in [-0.4, -0.2) is 50.1 Å². The summed E-state index contributed by atoms with van der Waals surface area (Å²) < 4.78 is 31.7. The van der Waals surface area contributed by atoms with Crippen LogP contribution >= 0.6 is 11.8 Å². The molecule has 3 heterocycles. The molecule has 0 spiro atoms. The number of benzene rings is 1. The molecule has 1 aromatic carbocycles. The second-order valence-corrected chi connectivity index (χ2v) is 10.1. The first kappa shape index (κ1) is 20.4. The Bertz CT molecular complexity index is 1130. The number of imidazole rings is 1. The monoisotopic (exact) mass is 434 g/mol. The van der Waals surface area contributed by atoms with Gasteiger partial charge in [-0.05, 0) is 44.9 Å². The standard InChI is InChI=1S/C19H26N6O2S2/c1-4-25-17-9-8-15(29(26,27)24-10-6-5-7-11-24)12-16(17)20-18(25)13-28-19-22-21-14(2)23(19)3/h8-9,12H,4-7,10-11,13H2,1-3H3. The van der Waals surface area contributed by atoms with E-state index in [-0.39, 0.29) is 0 Å². The van der Waals surface area contributed by atoms with Crippen molar-refractivity contribution in [2.45, 2.75) is 55.5 Å². The summed E-state index contributed by atoms with van der Waals surface area (Å²) in [6.07, 6.45) is 2.95. The quantitative estimate of drug-likeness (QED) is 0.555. The molecule has 1 fully saturated rings. The minimum absolute atomic E-state index is 0.329. The van der Waals surface area contributed by atoms with Gasteiger partial charge in [0.1, 0.15) is 11.6 Å². The first-order valence-electron chi connectivity index (χ1n) is 9.90. The fourth-order valence-corrected chi connectivity index (χ4v) is 6.12. The third-order valence-electron chi connectivity index (χ3n) is 5.45. The molecule has 10 heteroatoms. The number of sulfonamides is 1. The molecule has 156 valence electrons. The zero-order chi connectivity index (χ0) is 20.6. The lowest BCUT2D eigenvalue weighted by Crippen LogP contribution is -2.35. The number of thioether (sulfide) groups is 1. The van der Waals surface area contributed by atoms with Crippen molar-refractivity contribution in [2.75, 3.05) is 13.1 Å². The van der Waals surface area contributed by atoms with Crippen LogP contribution in [0.1, 0.15) is 37.8 Å². The van der Waals surface area contributed by atoms with E-state index in [2.05, 4.69) is 21.7 Å². The molecule has 0 amide bonds. The minimum Gasteiger partial charge on any atom is -0.328 e. The number of rotatable bonds is 6. The van der Waals surface area contributed by atoms with Gasteiger partial charge in [-0.25, -0.2) is 13.4 Å². The summed E-state index contributed by atoms with van der Waals surface area (Å²) in [6.45, 7) is 5.96. The van der Waals surface area contributed by atoms with E-state index in [1.165, 1.54) is 0 Å². The molecular weight excluding hydrogens is 408 g/mol. The second kappa shape index (κ2) is 8.08. The molecule has 4 rings (SSSR count). The van der Waals surface area contributed by atoms with E-state index in [0.29, 0.717) is 23.7 Å². The molecule has 1 aliphatic rings. The van der Waals surface area contributed by atoms with Crippen LogP contribution in [0, 0.1) is 6.92 Å². The number of fused-ring (bicyclic) bond motifs is 1. The largest absolute Gasteiger partial charge is 0.328 e. The summed E-state index contributed by atoms with van der Waals surface area (Å²) in [7, 11) is -1.52. The lowest BCUT2D eigenvalue weighted by Gasteiger charge is -2.25. The van der Waals surface area contributed by atoms with Crippen molar-refractivity contribution in [1.29, 1.82) is 0 Å². The molecule has 0 bridgehead atoms. The molecule has 0 N–H and O–H groups in total. The molecule has 0 saturated carbocycles. The van der Waals surface area contributed by atoms with E-state index >= 15 is 0 Å².